The van der Waals surface area contributed by atoms with Crippen LogP contribution < -0.4 is 9.47 Å². The van der Waals surface area contributed by atoms with Crippen LogP contribution in [-0.4, -0.2) is 31.0 Å². The van der Waals surface area contributed by atoms with Gasteiger partial charge in [-0.2, -0.15) is 10.5 Å². The number of nitriles is 2. The number of ether oxygens (including phenoxy) is 2. The number of carbonyl (C=O) groups is 1. The number of halogens is 1. The van der Waals surface area contributed by atoms with Crippen molar-refractivity contribution in [1.82, 2.24) is 4.90 Å². The largest absolute Gasteiger partial charge is 0.493 e. The van der Waals surface area contributed by atoms with Crippen molar-refractivity contribution in [3.8, 4) is 23.6 Å². The van der Waals surface area contributed by atoms with Crippen LogP contribution in [0.3, 0.4) is 0 Å². The molecule has 0 spiro atoms. The summed E-state index contributed by atoms with van der Waals surface area (Å²) in [6.07, 6.45) is 0. The third kappa shape index (κ3) is 4.89. The van der Waals surface area contributed by atoms with Gasteiger partial charge in [0.25, 0.3) is 5.91 Å². The Balaban J connectivity index is 2.16. The summed E-state index contributed by atoms with van der Waals surface area (Å²) in [6.45, 7) is -0.0110. The first-order valence-corrected chi connectivity index (χ1v) is 8.05. The van der Waals surface area contributed by atoms with Gasteiger partial charge < -0.3 is 14.4 Å². The number of nitrogens with zero attached hydrogens (tertiary/aromatic N) is 3. The average Bonchev–Trinajstić information content (AvgIpc) is 2.66. The van der Waals surface area contributed by atoms with Crippen molar-refractivity contribution in [2.45, 2.75) is 6.61 Å². The Morgan fingerprint density at radius 3 is 2.31 bits per heavy atom. The molecule has 0 radical (unpaired) electrons. The van der Waals surface area contributed by atoms with E-state index in [1.165, 1.54) is 13.2 Å². The minimum Gasteiger partial charge on any atom is -0.493 e. The Hall–Kier alpha value is -3.22. The molecule has 7 heteroatoms. The lowest BCUT2D eigenvalue weighted by Crippen LogP contribution is -2.31. The van der Waals surface area contributed by atoms with Gasteiger partial charge in [0.1, 0.15) is 19.7 Å². The molecule has 26 heavy (non-hydrogen) atoms. The van der Waals surface area contributed by atoms with E-state index >= 15 is 0 Å². The smallest absolute Gasteiger partial charge is 0.255 e. The van der Waals surface area contributed by atoms with Gasteiger partial charge in [0.2, 0.25) is 0 Å². The van der Waals surface area contributed by atoms with Crippen LogP contribution in [0.15, 0.2) is 42.5 Å². The summed E-state index contributed by atoms with van der Waals surface area (Å²) in [5.74, 6) is 0.445. The first-order chi connectivity index (χ1) is 12.6. The molecular formula is C19H16ClN3O3. The molecule has 0 bridgehead atoms. The second-order valence-corrected chi connectivity index (χ2v) is 5.69. The quantitative estimate of drug-likeness (QED) is 0.698. The maximum absolute atomic E-state index is 12.4. The predicted molar refractivity (Wildman–Crippen MR) is 95.9 cm³/mol. The van der Waals surface area contributed by atoms with Crippen molar-refractivity contribution in [1.29, 1.82) is 10.5 Å². The van der Waals surface area contributed by atoms with Crippen molar-refractivity contribution in [2.75, 3.05) is 20.2 Å². The summed E-state index contributed by atoms with van der Waals surface area (Å²) in [4.78, 5) is 13.6. The molecule has 1 amide bonds. The number of rotatable bonds is 7. The van der Waals surface area contributed by atoms with Gasteiger partial charge in [0, 0.05) is 10.6 Å². The third-order valence-electron chi connectivity index (χ3n) is 3.53. The minimum atomic E-state index is -0.421. The minimum absolute atomic E-state index is 0.163. The first-order valence-electron chi connectivity index (χ1n) is 7.67. The van der Waals surface area contributed by atoms with Gasteiger partial charge >= 0.3 is 0 Å². The number of amides is 1. The van der Waals surface area contributed by atoms with E-state index in [0.717, 1.165) is 10.5 Å². The Kier molecular flexibility index (Phi) is 6.84. The SMILES string of the molecule is COc1cc(C(=O)N(CC#N)CC#N)ccc1OCc1ccc(Cl)cc1. The van der Waals surface area contributed by atoms with E-state index < -0.39 is 5.91 Å². The zero-order valence-corrected chi connectivity index (χ0v) is 14.9. The number of hydrogen-bond acceptors (Lipinski definition) is 5. The fourth-order valence-corrected chi connectivity index (χ4v) is 2.34. The van der Waals surface area contributed by atoms with Crippen molar-refractivity contribution in [3.05, 3.63) is 58.6 Å². The highest BCUT2D eigenvalue weighted by Gasteiger charge is 2.17. The van der Waals surface area contributed by atoms with Crippen LogP contribution in [-0.2, 0) is 6.61 Å². The average molecular weight is 370 g/mol. The Bertz CT molecular complexity index is 838. The topological polar surface area (TPSA) is 86.4 Å². The predicted octanol–water partition coefficient (Wildman–Crippen LogP) is 3.42. The molecule has 0 N–H and O–H groups in total. The van der Waals surface area contributed by atoms with E-state index in [1.807, 2.05) is 24.3 Å². The molecule has 0 saturated heterocycles. The summed E-state index contributed by atoms with van der Waals surface area (Å²) in [5.41, 5.74) is 1.25. The highest BCUT2D eigenvalue weighted by molar-refractivity contribution is 6.30. The summed E-state index contributed by atoms with van der Waals surface area (Å²) in [7, 11) is 1.47. The Morgan fingerprint density at radius 1 is 1.08 bits per heavy atom. The second kappa shape index (κ2) is 9.31. The van der Waals surface area contributed by atoms with Crippen LogP contribution >= 0.6 is 11.6 Å². The van der Waals surface area contributed by atoms with E-state index in [9.17, 15) is 4.79 Å². The highest BCUT2D eigenvalue weighted by Crippen LogP contribution is 2.29. The second-order valence-electron chi connectivity index (χ2n) is 5.26. The van der Waals surface area contributed by atoms with Crippen molar-refractivity contribution >= 4 is 17.5 Å². The molecule has 0 saturated carbocycles. The monoisotopic (exact) mass is 369 g/mol. The molecule has 132 valence electrons. The fraction of sp³-hybridized carbons (Fsp3) is 0.211. The summed E-state index contributed by atoms with van der Waals surface area (Å²) < 4.78 is 11.0. The van der Waals surface area contributed by atoms with E-state index in [2.05, 4.69) is 0 Å². The molecule has 0 aromatic heterocycles. The van der Waals surface area contributed by atoms with Crippen molar-refractivity contribution in [2.24, 2.45) is 0 Å². The molecule has 2 aromatic rings. The number of hydrogen-bond donors (Lipinski definition) is 0. The number of benzene rings is 2. The van der Waals surface area contributed by atoms with Crippen LogP contribution in [0.2, 0.25) is 5.02 Å². The molecule has 2 rings (SSSR count). The fourth-order valence-electron chi connectivity index (χ4n) is 2.21. The summed E-state index contributed by atoms with van der Waals surface area (Å²) in [6, 6.07) is 15.7. The molecule has 0 fully saturated rings. The maximum atomic E-state index is 12.4. The van der Waals surface area contributed by atoms with Crippen LogP contribution in [0, 0.1) is 22.7 Å². The van der Waals surface area contributed by atoms with Gasteiger partial charge in [-0.15, -0.1) is 0 Å². The Morgan fingerprint density at radius 2 is 1.73 bits per heavy atom. The molecule has 0 heterocycles. The molecule has 0 aliphatic carbocycles. The van der Waals surface area contributed by atoms with Gasteiger partial charge in [-0.25, -0.2) is 0 Å². The first kappa shape index (κ1) is 19.1. The van der Waals surface area contributed by atoms with Gasteiger partial charge in [-0.1, -0.05) is 23.7 Å². The van der Waals surface area contributed by atoms with Crippen LogP contribution in [0.25, 0.3) is 0 Å². The molecule has 0 atom stereocenters. The van der Waals surface area contributed by atoms with Gasteiger partial charge in [-0.3, -0.25) is 4.79 Å². The lowest BCUT2D eigenvalue weighted by atomic mass is 10.1. The highest BCUT2D eigenvalue weighted by atomic mass is 35.5. The van der Waals surface area contributed by atoms with E-state index in [1.54, 1.807) is 24.3 Å². The normalized spacial score (nSPS) is 9.69. The Labute approximate surface area is 156 Å². The molecule has 0 aliphatic heterocycles. The molecule has 2 aromatic carbocycles. The van der Waals surface area contributed by atoms with E-state index in [0.29, 0.717) is 28.7 Å². The van der Waals surface area contributed by atoms with E-state index in [4.69, 9.17) is 31.6 Å². The van der Waals surface area contributed by atoms with Gasteiger partial charge in [0.05, 0.1) is 19.2 Å². The van der Waals surface area contributed by atoms with Crippen molar-refractivity contribution in [3.63, 3.8) is 0 Å². The third-order valence-corrected chi connectivity index (χ3v) is 3.78. The summed E-state index contributed by atoms with van der Waals surface area (Å²) >= 11 is 5.86. The van der Waals surface area contributed by atoms with Crippen LogP contribution in [0.4, 0.5) is 0 Å². The molecule has 0 unspecified atom stereocenters. The lowest BCUT2D eigenvalue weighted by Gasteiger charge is -2.17. The van der Waals surface area contributed by atoms with E-state index in [-0.39, 0.29) is 13.1 Å². The lowest BCUT2D eigenvalue weighted by molar-refractivity contribution is 0.0794. The van der Waals surface area contributed by atoms with Crippen molar-refractivity contribution < 1.29 is 14.3 Å². The number of carbonyl (C=O) groups excluding carboxylic acids is 1. The molecular weight excluding hydrogens is 354 g/mol. The van der Waals surface area contributed by atoms with Crippen LogP contribution in [0.5, 0.6) is 11.5 Å². The zero-order chi connectivity index (χ0) is 18.9. The van der Waals surface area contributed by atoms with Crippen LogP contribution in [0.1, 0.15) is 15.9 Å². The summed E-state index contributed by atoms with van der Waals surface area (Å²) in [5, 5.41) is 18.2. The zero-order valence-electron chi connectivity index (χ0n) is 14.1. The maximum Gasteiger partial charge on any atom is 0.255 e. The van der Waals surface area contributed by atoms with Gasteiger partial charge in [-0.05, 0) is 35.9 Å². The standard InChI is InChI=1S/C19H16ClN3O3/c1-25-18-12-15(19(24)23(10-8-21)11-9-22)4-7-17(18)26-13-14-2-5-16(20)6-3-14/h2-7,12H,10-11,13H2,1H3. The van der Waals surface area contributed by atoms with Gasteiger partial charge in [0.15, 0.2) is 11.5 Å². The molecule has 6 nitrogen and oxygen atoms in total. The molecule has 0 aliphatic rings. The number of methoxy groups -OCH3 is 1.